The Morgan fingerprint density at radius 1 is 1.18 bits per heavy atom. The number of hydrogen-bond donors (Lipinski definition) is 6. The van der Waals surface area contributed by atoms with Crippen LogP contribution in [-0.2, 0) is 36.9 Å². The second-order valence-electron chi connectivity index (χ2n) is 11.7. The Labute approximate surface area is 231 Å². The van der Waals surface area contributed by atoms with Crippen molar-refractivity contribution in [1.29, 1.82) is 0 Å². The molecule has 0 heterocycles. The maximum Gasteiger partial charge on any atom is 0.320 e. The fourth-order valence-corrected chi connectivity index (χ4v) is 5.93. The van der Waals surface area contributed by atoms with E-state index in [4.69, 9.17) is 10.5 Å². The molecule has 3 aliphatic rings. The van der Waals surface area contributed by atoms with Crippen LogP contribution in [0.4, 0.5) is 5.69 Å². The number of nitrogens with two attached hydrogens (primary N) is 1. The van der Waals surface area contributed by atoms with Gasteiger partial charge in [0.15, 0.2) is 11.4 Å². The first kappa shape index (κ1) is 29.1. The fourth-order valence-electron chi connectivity index (χ4n) is 5.93. The third kappa shape index (κ3) is 4.71. The Hall–Kier alpha value is -3.90. The number of Topliss-reactive ketones (excluding diaryl/α,β-unsaturated/α-hetero) is 2. The molecule has 1 aromatic rings. The number of amides is 1. The third-order valence-corrected chi connectivity index (χ3v) is 7.61. The van der Waals surface area contributed by atoms with Gasteiger partial charge in [-0.3, -0.25) is 19.2 Å². The van der Waals surface area contributed by atoms with Crippen LogP contribution in [-0.4, -0.2) is 75.7 Å². The lowest BCUT2D eigenvalue weighted by atomic mass is 9.59. The van der Waals surface area contributed by atoms with Gasteiger partial charge in [0.05, 0.1) is 12.1 Å². The summed E-state index contributed by atoms with van der Waals surface area (Å²) in [6.45, 7) is 5.12. The molecule has 0 bridgehead atoms. The second-order valence-corrected chi connectivity index (χ2v) is 11.7. The van der Waals surface area contributed by atoms with E-state index in [1.54, 1.807) is 45.8 Å². The van der Waals surface area contributed by atoms with Gasteiger partial charge in [0.2, 0.25) is 5.78 Å². The van der Waals surface area contributed by atoms with Crippen molar-refractivity contribution in [3.63, 3.8) is 0 Å². The highest BCUT2D eigenvalue weighted by Gasteiger charge is 2.60. The van der Waals surface area contributed by atoms with Crippen molar-refractivity contribution in [2.24, 2.45) is 17.6 Å². The van der Waals surface area contributed by atoms with Gasteiger partial charge in [-0.15, -0.1) is 0 Å². The number of benzene rings is 1. The zero-order valence-electron chi connectivity index (χ0n) is 23.1. The van der Waals surface area contributed by atoms with Crippen LogP contribution < -0.4 is 16.0 Å². The van der Waals surface area contributed by atoms with Crippen molar-refractivity contribution >= 4 is 34.9 Å². The summed E-state index contributed by atoms with van der Waals surface area (Å²) in [5, 5.41) is 47.7. The van der Waals surface area contributed by atoms with Crippen molar-refractivity contribution < 1.29 is 44.3 Å². The highest BCUT2D eigenvalue weighted by Crippen LogP contribution is 2.53. The Bertz CT molecular complexity index is 1390. The molecule has 1 aromatic carbocycles. The predicted octanol–water partition coefficient (Wildman–Crippen LogP) is 0.921. The predicted molar refractivity (Wildman–Crippen MR) is 143 cm³/mol. The largest absolute Gasteiger partial charge is 0.508 e. The number of phenolic OH excluding ortho intramolecular Hbond substituents is 1. The first-order chi connectivity index (χ1) is 18.5. The van der Waals surface area contributed by atoms with Gasteiger partial charge in [0, 0.05) is 49.8 Å². The van der Waals surface area contributed by atoms with E-state index in [-0.39, 0.29) is 49.2 Å². The summed E-state index contributed by atoms with van der Waals surface area (Å²) in [5.74, 6) is -7.25. The van der Waals surface area contributed by atoms with Crippen LogP contribution in [0.2, 0.25) is 0 Å². The second kappa shape index (κ2) is 9.93. The number of nitrogens with zero attached hydrogens (tertiary/aromatic N) is 1. The molecule has 1 amide bonds. The van der Waals surface area contributed by atoms with Gasteiger partial charge in [-0.05, 0) is 51.2 Å². The smallest absolute Gasteiger partial charge is 0.320 e. The number of aromatic hydroxyl groups is 1. The number of fused-ring (bicyclic) bond motifs is 3. The molecule has 0 radical (unpaired) electrons. The number of carbonyl (C=O) groups is 4. The van der Waals surface area contributed by atoms with Gasteiger partial charge in [0.1, 0.15) is 28.4 Å². The highest BCUT2D eigenvalue weighted by atomic mass is 16.6. The highest BCUT2D eigenvalue weighted by molar-refractivity contribution is 6.22. The Morgan fingerprint density at radius 2 is 1.82 bits per heavy atom. The summed E-state index contributed by atoms with van der Waals surface area (Å²) < 4.78 is 5.28. The van der Waals surface area contributed by atoms with Gasteiger partial charge in [0.25, 0.3) is 5.91 Å². The summed E-state index contributed by atoms with van der Waals surface area (Å²) in [5.41, 5.74) is 2.43. The minimum atomic E-state index is -2.62. The molecule has 1 saturated carbocycles. The van der Waals surface area contributed by atoms with E-state index in [1.165, 1.54) is 0 Å². The van der Waals surface area contributed by atoms with Crippen molar-refractivity contribution in [1.82, 2.24) is 5.32 Å². The molecule has 0 aromatic heterocycles. The van der Waals surface area contributed by atoms with Gasteiger partial charge in [-0.25, -0.2) is 0 Å². The Balaban J connectivity index is 1.77. The van der Waals surface area contributed by atoms with Gasteiger partial charge < -0.3 is 41.1 Å². The lowest BCUT2D eigenvalue weighted by Crippen LogP contribution is -2.58. The number of aliphatic hydroxyl groups is 3. The Morgan fingerprint density at radius 3 is 2.40 bits per heavy atom. The number of primary amides is 1. The zero-order chi connectivity index (χ0) is 29.9. The third-order valence-electron chi connectivity index (χ3n) is 7.61. The molecular weight excluding hydrogens is 522 g/mol. The molecule has 12 nitrogen and oxygen atoms in total. The Kier molecular flexibility index (Phi) is 7.22. The van der Waals surface area contributed by atoms with Crippen LogP contribution in [0.3, 0.4) is 0 Å². The summed E-state index contributed by atoms with van der Waals surface area (Å²) in [7, 11) is 3.55. The van der Waals surface area contributed by atoms with Gasteiger partial charge >= 0.3 is 5.97 Å². The maximum atomic E-state index is 13.7. The van der Waals surface area contributed by atoms with Crippen LogP contribution >= 0.6 is 0 Å². The number of rotatable bonds is 6. The molecular formula is C28H35N3O9. The molecule has 0 unspecified atom stereocenters. The average Bonchev–Trinajstić information content (AvgIpc) is 2.81. The summed E-state index contributed by atoms with van der Waals surface area (Å²) in [6.07, 6.45) is -0.132. The van der Waals surface area contributed by atoms with Crippen molar-refractivity contribution in [2.45, 2.75) is 57.8 Å². The van der Waals surface area contributed by atoms with Crippen molar-refractivity contribution in [2.75, 3.05) is 25.5 Å². The summed E-state index contributed by atoms with van der Waals surface area (Å²) in [6, 6.07) is 1.72. The molecule has 0 spiro atoms. The number of ether oxygens (including phenoxy) is 1. The molecule has 1 fully saturated rings. The van der Waals surface area contributed by atoms with E-state index >= 15 is 0 Å². The number of nitrogens with one attached hydrogen (secondary N) is 1. The first-order valence-corrected chi connectivity index (χ1v) is 12.9. The topological polar surface area (TPSA) is 200 Å². The van der Waals surface area contributed by atoms with E-state index < -0.39 is 63.6 Å². The number of aliphatic hydroxyl groups excluding tert-OH is 2. The van der Waals surface area contributed by atoms with E-state index in [2.05, 4.69) is 5.32 Å². The minimum Gasteiger partial charge on any atom is -0.508 e. The number of ketones is 2. The molecule has 3 atom stereocenters. The van der Waals surface area contributed by atoms with Crippen LogP contribution in [0.5, 0.6) is 5.75 Å². The number of carbonyl (C=O) groups excluding carboxylic acids is 4. The normalized spacial score (nSPS) is 24.4. The summed E-state index contributed by atoms with van der Waals surface area (Å²) >= 11 is 0. The monoisotopic (exact) mass is 557 g/mol. The average molecular weight is 558 g/mol. The zero-order valence-corrected chi connectivity index (χ0v) is 23.1. The standard InChI is InChI=1S/C28H35N3O9/c1-27(2,3)40-18(33)11-30-10-13-8-16(31(4)5)15-7-12-6-14-9-17(32)21(26(29)38)25(37)28(14,39)24(36)19(12)23(35)20(15)22(13)34/h8,12,14,30,34-35,37,39H,6-7,9-11H2,1-5H3,(H2,29,38)/t12-,14+,28+/m1/s1. The molecule has 40 heavy (non-hydrogen) atoms. The van der Waals surface area contributed by atoms with E-state index in [1.807, 2.05) is 0 Å². The van der Waals surface area contributed by atoms with Crippen LogP contribution in [0, 0.1) is 11.8 Å². The van der Waals surface area contributed by atoms with E-state index in [0.717, 1.165) is 0 Å². The molecule has 0 aliphatic heterocycles. The number of hydrogen-bond acceptors (Lipinski definition) is 11. The lowest BCUT2D eigenvalue weighted by Gasteiger charge is -2.46. The molecule has 7 N–H and O–H groups in total. The fraction of sp³-hybridized carbons (Fsp3) is 0.500. The summed E-state index contributed by atoms with van der Waals surface area (Å²) in [4.78, 5) is 51.9. The van der Waals surface area contributed by atoms with Gasteiger partial charge in [-0.1, -0.05) is 0 Å². The minimum absolute atomic E-state index is 0.00704. The molecule has 12 heteroatoms. The van der Waals surface area contributed by atoms with Crippen LogP contribution in [0.15, 0.2) is 23.0 Å². The first-order valence-electron chi connectivity index (χ1n) is 12.9. The molecule has 216 valence electrons. The SMILES string of the molecule is CN(C)c1cc(CNCC(=O)OC(C)(C)C)c(O)c2c1C[C@H]1C[C@H]3CC(=O)C(C(N)=O)=C(O)[C@@]3(O)C(=O)C1=C2O. The van der Waals surface area contributed by atoms with Crippen LogP contribution in [0.1, 0.15) is 50.3 Å². The molecule has 3 aliphatic carbocycles. The molecule has 0 saturated heterocycles. The lowest BCUT2D eigenvalue weighted by molar-refractivity contribution is -0.153. The van der Waals surface area contributed by atoms with E-state index in [0.29, 0.717) is 16.8 Å². The maximum absolute atomic E-state index is 13.7. The number of esters is 1. The van der Waals surface area contributed by atoms with Gasteiger partial charge in [-0.2, -0.15) is 0 Å². The number of phenols is 1. The molecule has 4 rings (SSSR count). The van der Waals surface area contributed by atoms with Crippen molar-refractivity contribution in [3.8, 4) is 5.75 Å². The van der Waals surface area contributed by atoms with E-state index in [9.17, 15) is 39.6 Å². The van der Waals surface area contributed by atoms with Crippen molar-refractivity contribution in [3.05, 3.63) is 39.7 Å². The quantitative estimate of drug-likeness (QED) is 0.215. The van der Waals surface area contributed by atoms with Crippen LogP contribution in [0.25, 0.3) is 5.76 Å². The number of anilines is 1.